The zero-order valence-electron chi connectivity index (χ0n) is 9.98. The van der Waals surface area contributed by atoms with Crippen LogP contribution in [0, 0.1) is 5.92 Å². The Bertz CT molecular complexity index is 579. The molecule has 3 heterocycles. The Morgan fingerprint density at radius 3 is 2.89 bits per heavy atom. The van der Waals surface area contributed by atoms with Gasteiger partial charge in [0.25, 0.3) is 0 Å². The highest BCUT2D eigenvalue weighted by atomic mass is 19.4. The van der Waals surface area contributed by atoms with Crippen LogP contribution in [-0.4, -0.2) is 39.2 Å². The maximum absolute atomic E-state index is 12.8. The van der Waals surface area contributed by atoms with Gasteiger partial charge >= 0.3 is 6.18 Å². The number of fused-ring (bicyclic) bond motifs is 1. The molecule has 1 aliphatic heterocycles. The van der Waals surface area contributed by atoms with Crippen LogP contribution in [0.2, 0.25) is 0 Å². The topological polar surface area (TPSA) is 57.7 Å². The first-order valence-electron chi connectivity index (χ1n) is 6.01. The fourth-order valence-corrected chi connectivity index (χ4v) is 2.43. The number of rotatable bonds is 1. The third kappa shape index (κ3) is 2.22. The molecule has 0 aliphatic carbocycles. The molecule has 1 fully saturated rings. The van der Waals surface area contributed by atoms with Gasteiger partial charge in [0, 0.05) is 13.1 Å². The van der Waals surface area contributed by atoms with Crippen molar-refractivity contribution in [2.24, 2.45) is 5.92 Å². The van der Waals surface area contributed by atoms with Crippen LogP contribution in [-0.2, 0) is 0 Å². The fraction of sp³-hybridized carbons (Fsp3) is 0.545. The van der Waals surface area contributed by atoms with E-state index in [1.54, 1.807) is 4.90 Å². The monoisotopic (exact) mass is 271 g/mol. The van der Waals surface area contributed by atoms with Gasteiger partial charge in [-0.05, 0) is 12.8 Å². The zero-order valence-corrected chi connectivity index (χ0v) is 9.98. The number of aromatic nitrogens is 4. The number of halogens is 3. The van der Waals surface area contributed by atoms with Gasteiger partial charge in [0.2, 0.25) is 0 Å². The molecule has 0 radical (unpaired) electrons. The minimum absolute atomic E-state index is 0.0609. The second-order valence-electron chi connectivity index (χ2n) is 4.63. The Balaban J connectivity index is 1.91. The number of imidazole rings is 1. The molecule has 5 nitrogen and oxygen atoms in total. The SMILES string of the molecule is FC(F)(F)[C@@H]1CCCN(c2ncnc3nc[nH]c23)C1. The van der Waals surface area contributed by atoms with Crippen molar-refractivity contribution in [1.29, 1.82) is 0 Å². The highest BCUT2D eigenvalue weighted by molar-refractivity contribution is 5.82. The fourth-order valence-electron chi connectivity index (χ4n) is 2.43. The van der Waals surface area contributed by atoms with Crippen LogP contribution >= 0.6 is 0 Å². The molecule has 3 rings (SSSR count). The summed E-state index contributed by atoms with van der Waals surface area (Å²) in [4.78, 5) is 16.6. The molecule has 2 aromatic heterocycles. The Morgan fingerprint density at radius 1 is 1.26 bits per heavy atom. The van der Waals surface area contributed by atoms with Crippen molar-refractivity contribution in [3.05, 3.63) is 12.7 Å². The molecule has 0 saturated carbocycles. The molecule has 102 valence electrons. The van der Waals surface area contributed by atoms with Crippen molar-refractivity contribution in [1.82, 2.24) is 19.9 Å². The van der Waals surface area contributed by atoms with E-state index in [1.165, 1.54) is 12.7 Å². The summed E-state index contributed by atoms with van der Waals surface area (Å²) in [5.74, 6) is -0.800. The lowest BCUT2D eigenvalue weighted by molar-refractivity contribution is -0.176. The van der Waals surface area contributed by atoms with Gasteiger partial charge in [0.05, 0.1) is 12.2 Å². The first-order valence-corrected chi connectivity index (χ1v) is 6.01. The van der Waals surface area contributed by atoms with E-state index in [4.69, 9.17) is 0 Å². The normalized spacial score (nSPS) is 21.0. The summed E-state index contributed by atoms with van der Waals surface area (Å²) < 4.78 is 38.4. The first kappa shape index (κ1) is 12.2. The number of nitrogens with zero attached hydrogens (tertiary/aromatic N) is 4. The van der Waals surface area contributed by atoms with Gasteiger partial charge in [-0.2, -0.15) is 13.2 Å². The largest absolute Gasteiger partial charge is 0.393 e. The zero-order chi connectivity index (χ0) is 13.5. The lowest BCUT2D eigenvalue weighted by Crippen LogP contribution is -2.42. The lowest BCUT2D eigenvalue weighted by Gasteiger charge is -2.34. The molecule has 1 atom stereocenters. The number of nitrogens with one attached hydrogen (secondary N) is 1. The summed E-state index contributed by atoms with van der Waals surface area (Å²) >= 11 is 0. The minimum Gasteiger partial charge on any atom is -0.354 e. The number of H-pyrrole nitrogens is 1. The van der Waals surface area contributed by atoms with Crippen molar-refractivity contribution < 1.29 is 13.2 Å². The summed E-state index contributed by atoms with van der Waals surface area (Å²) in [5.41, 5.74) is 1.06. The van der Waals surface area contributed by atoms with Crippen LogP contribution in [0.15, 0.2) is 12.7 Å². The number of piperidine rings is 1. The maximum atomic E-state index is 12.8. The number of alkyl halides is 3. The number of aromatic amines is 1. The van der Waals surface area contributed by atoms with E-state index in [1.807, 2.05) is 0 Å². The molecule has 0 bridgehead atoms. The van der Waals surface area contributed by atoms with E-state index >= 15 is 0 Å². The molecular formula is C11H12F3N5. The number of hydrogen-bond donors (Lipinski definition) is 1. The molecule has 2 aromatic rings. The van der Waals surface area contributed by atoms with Gasteiger partial charge in [-0.15, -0.1) is 0 Å². The Hall–Kier alpha value is -1.86. The summed E-state index contributed by atoms with van der Waals surface area (Å²) in [6.07, 6.45) is -0.677. The number of anilines is 1. The lowest BCUT2D eigenvalue weighted by atomic mass is 9.97. The van der Waals surface area contributed by atoms with Gasteiger partial charge < -0.3 is 9.88 Å². The highest BCUT2D eigenvalue weighted by Crippen LogP contribution is 2.35. The maximum Gasteiger partial charge on any atom is 0.393 e. The van der Waals surface area contributed by atoms with Gasteiger partial charge in [0.1, 0.15) is 11.8 Å². The van der Waals surface area contributed by atoms with Crippen LogP contribution < -0.4 is 4.90 Å². The standard InChI is InChI=1S/C11H12F3N5/c12-11(13,14)7-2-1-3-19(4-7)10-8-9(16-5-15-8)17-6-18-10/h5-7H,1-4H2,(H,15,16,17,18)/t7-/m1/s1. The smallest absolute Gasteiger partial charge is 0.354 e. The van der Waals surface area contributed by atoms with Crippen molar-refractivity contribution in [2.75, 3.05) is 18.0 Å². The second kappa shape index (κ2) is 4.36. The van der Waals surface area contributed by atoms with Gasteiger partial charge in [0.15, 0.2) is 11.5 Å². The summed E-state index contributed by atoms with van der Waals surface area (Å²) in [7, 11) is 0. The molecule has 1 aliphatic rings. The van der Waals surface area contributed by atoms with Crippen molar-refractivity contribution in [3.63, 3.8) is 0 Å². The first-order chi connectivity index (χ1) is 9.05. The molecule has 19 heavy (non-hydrogen) atoms. The summed E-state index contributed by atoms with van der Waals surface area (Å²) in [6.45, 7) is 0.506. The Kier molecular flexibility index (Phi) is 2.79. The van der Waals surface area contributed by atoms with E-state index in [2.05, 4.69) is 19.9 Å². The molecule has 0 amide bonds. The average Bonchev–Trinajstić information content (AvgIpc) is 2.86. The van der Waals surface area contributed by atoms with Crippen molar-refractivity contribution in [3.8, 4) is 0 Å². The third-order valence-corrected chi connectivity index (χ3v) is 3.39. The quantitative estimate of drug-likeness (QED) is 0.863. The highest BCUT2D eigenvalue weighted by Gasteiger charge is 2.42. The predicted octanol–water partition coefficient (Wildman–Crippen LogP) is 2.13. The number of hydrogen-bond acceptors (Lipinski definition) is 4. The third-order valence-electron chi connectivity index (χ3n) is 3.39. The van der Waals surface area contributed by atoms with E-state index in [0.717, 1.165) is 0 Å². The van der Waals surface area contributed by atoms with Crippen LogP contribution in [0.4, 0.5) is 19.0 Å². The second-order valence-corrected chi connectivity index (χ2v) is 4.63. The van der Waals surface area contributed by atoms with Crippen LogP contribution in [0.3, 0.4) is 0 Å². The average molecular weight is 271 g/mol. The van der Waals surface area contributed by atoms with Crippen molar-refractivity contribution in [2.45, 2.75) is 19.0 Å². The molecule has 1 N–H and O–H groups in total. The molecule has 8 heteroatoms. The molecule has 0 aromatic carbocycles. The minimum atomic E-state index is -4.15. The Morgan fingerprint density at radius 2 is 2.11 bits per heavy atom. The molecule has 0 unspecified atom stereocenters. The predicted molar refractivity (Wildman–Crippen MR) is 62.7 cm³/mol. The van der Waals surface area contributed by atoms with Gasteiger partial charge in [-0.1, -0.05) is 0 Å². The van der Waals surface area contributed by atoms with E-state index in [9.17, 15) is 13.2 Å². The van der Waals surface area contributed by atoms with Gasteiger partial charge in [-0.25, -0.2) is 15.0 Å². The molecule has 0 spiro atoms. The van der Waals surface area contributed by atoms with Crippen LogP contribution in [0.1, 0.15) is 12.8 Å². The van der Waals surface area contributed by atoms with Gasteiger partial charge in [-0.3, -0.25) is 0 Å². The van der Waals surface area contributed by atoms with E-state index in [-0.39, 0.29) is 13.0 Å². The van der Waals surface area contributed by atoms with Crippen LogP contribution in [0.25, 0.3) is 11.2 Å². The molecular weight excluding hydrogens is 259 g/mol. The van der Waals surface area contributed by atoms with E-state index in [0.29, 0.717) is 29.9 Å². The van der Waals surface area contributed by atoms with E-state index < -0.39 is 12.1 Å². The van der Waals surface area contributed by atoms with Crippen LogP contribution in [0.5, 0.6) is 0 Å². The summed E-state index contributed by atoms with van der Waals surface area (Å²) in [6, 6.07) is 0. The molecule has 1 saturated heterocycles. The Labute approximate surface area is 106 Å². The summed E-state index contributed by atoms with van der Waals surface area (Å²) in [5, 5.41) is 0. The van der Waals surface area contributed by atoms with Crippen molar-refractivity contribution >= 4 is 17.0 Å².